The molecule has 0 aliphatic heterocycles. The minimum Gasteiger partial charge on any atom is -0.388 e. The van der Waals surface area contributed by atoms with Gasteiger partial charge < -0.3 is 5.73 Å². The average molecular weight is 296 g/mol. The van der Waals surface area contributed by atoms with Crippen LogP contribution >= 0.6 is 28.1 Å². The van der Waals surface area contributed by atoms with Crippen molar-refractivity contribution in [3.05, 3.63) is 46.3 Å². The molecule has 0 aromatic carbocycles. The maximum Gasteiger partial charge on any atom is 0.151 e. The number of thiocarbonyl (C=S) groups is 1. The number of nitrogens with two attached hydrogens (primary N) is 1. The fourth-order valence-corrected chi connectivity index (χ4v) is 2.29. The number of hydrogen-bond donors (Lipinski definition) is 1. The fraction of sp³-hybridized carbons (Fsp3) is 0.0909. The van der Waals surface area contributed by atoms with Crippen molar-refractivity contribution in [3.63, 3.8) is 0 Å². The Hall–Kier alpha value is -1.20. The summed E-state index contributed by atoms with van der Waals surface area (Å²) in [5, 5.41) is 0. The van der Waals surface area contributed by atoms with Gasteiger partial charge in [-0.05, 0) is 46.6 Å². The van der Waals surface area contributed by atoms with Gasteiger partial charge in [-0.3, -0.25) is 4.57 Å². The van der Waals surface area contributed by atoms with Gasteiger partial charge in [-0.25, -0.2) is 4.98 Å². The molecule has 0 aliphatic rings. The molecule has 2 heterocycles. The third kappa shape index (κ3) is 2.01. The van der Waals surface area contributed by atoms with E-state index in [2.05, 4.69) is 20.9 Å². The van der Waals surface area contributed by atoms with Crippen LogP contribution in [-0.4, -0.2) is 14.5 Å². The summed E-state index contributed by atoms with van der Waals surface area (Å²) in [4.78, 5) is 4.72. The predicted octanol–water partition coefficient (Wildman–Crippen LogP) is 2.58. The van der Waals surface area contributed by atoms with Crippen LogP contribution in [0.15, 0.2) is 35.1 Å². The van der Waals surface area contributed by atoms with Crippen LogP contribution < -0.4 is 5.73 Å². The monoisotopic (exact) mass is 295 g/mol. The molecule has 16 heavy (non-hydrogen) atoms. The van der Waals surface area contributed by atoms with Crippen molar-refractivity contribution in [2.45, 2.75) is 6.92 Å². The molecular formula is C11H10BrN3S. The van der Waals surface area contributed by atoms with Gasteiger partial charge in [-0.1, -0.05) is 12.2 Å². The number of pyridine rings is 1. The Balaban J connectivity index is 2.59. The highest BCUT2D eigenvalue weighted by molar-refractivity contribution is 9.10. The molecule has 0 radical (unpaired) electrons. The van der Waals surface area contributed by atoms with E-state index >= 15 is 0 Å². The smallest absolute Gasteiger partial charge is 0.151 e. The number of nitrogens with zero attached hydrogens (tertiary/aromatic N) is 2. The van der Waals surface area contributed by atoms with E-state index in [1.165, 1.54) is 0 Å². The molecule has 0 spiro atoms. The first-order valence-electron chi connectivity index (χ1n) is 4.69. The first-order valence-corrected chi connectivity index (χ1v) is 5.89. The Bertz CT molecular complexity index is 548. The summed E-state index contributed by atoms with van der Waals surface area (Å²) >= 11 is 8.47. The van der Waals surface area contributed by atoms with Crippen LogP contribution in [0.5, 0.6) is 0 Å². The van der Waals surface area contributed by atoms with E-state index in [9.17, 15) is 0 Å². The molecule has 0 atom stereocenters. The number of aromatic nitrogens is 2. The molecule has 0 unspecified atom stereocenters. The van der Waals surface area contributed by atoms with E-state index in [1.807, 2.05) is 42.1 Å². The van der Waals surface area contributed by atoms with Crippen LogP contribution in [0.3, 0.4) is 0 Å². The van der Waals surface area contributed by atoms with Gasteiger partial charge in [-0.2, -0.15) is 0 Å². The first kappa shape index (κ1) is 11.3. The predicted molar refractivity (Wildman–Crippen MR) is 71.9 cm³/mol. The Labute approximate surface area is 107 Å². The molecule has 3 nitrogen and oxygen atoms in total. The van der Waals surface area contributed by atoms with Crippen LogP contribution in [0.2, 0.25) is 0 Å². The average Bonchev–Trinajstić information content (AvgIpc) is 2.66. The Kier molecular flexibility index (Phi) is 3.07. The molecule has 2 N–H and O–H groups in total. The van der Waals surface area contributed by atoms with Gasteiger partial charge in [0.2, 0.25) is 0 Å². The molecule has 0 aliphatic carbocycles. The van der Waals surface area contributed by atoms with Crippen LogP contribution in [0.1, 0.15) is 11.3 Å². The van der Waals surface area contributed by atoms with Gasteiger partial charge in [0.25, 0.3) is 0 Å². The van der Waals surface area contributed by atoms with Gasteiger partial charge in [0, 0.05) is 12.4 Å². The Morgan fingerprint density at radius 3 is 2.94 bits per heavy atom. The Morgan fingerprint density at radius 2 is 2.31 bits per heavy atom. The normalized spacial score (nSPS) is 10.4. The second-order valence-corrected chi connectivity index (χ2v) is 4.74. The summed E-state index contributed by atoms with van der Waals surface area (Å²) in [6.45, 7) is 1.99. The maximum absolute atomic E-state index is 5.64. The molecule has 0 amide bonds. The minimum atomic E-state index is 0.360. The fourth-order valence-electron chi connectivity index (χ4n) is 1.47. The van der Waals surface area contributed by atoms with Crippen molar-refractivity contribution in [2.24, 2.45) is 5.73 Å². The molecular weight excluding hydrogens is 286 g/mol. The summed E-state index contributed by atoms with van der Waals surface area (Å²) in [5.41, 5.74) is 7.53. The zero-order valence-corrected chi connectivity index (χ0v) is 11.0. The van der Waals surface area contributed by atoms with Gasteiger partial charge in [0.1, 0.15) is 4.99 Å². The van der Waals surface area contributed by atoms with Crippen LogP contribution in [0.25, 0.3) is 5.82 Å². The van der Waals surface area contributed by atoms with Gasteiger partial charge in [0.15, 0.2) is 5.82 Å². The number of halogens is 1. The van der Waals surface area contributed by atoms with Crippen molar-refractivity contribution < 1.29 is 0 Å². The summed E-state index contributed by atoms with van der Waals surface area (Å²) < 4.78 is 2.78. The topological polar surface area (TPSA) is 43.8 Å². The number of rotatable bonds is 2. The highest BCUT2D eigenvalue weighted by Crippen LogP contribution is 2.21. The molecule has 0 bridgehead atoms. The molecule has 0 fully saturated rings. The standard InChI is InChI=1S/C11H10BrN3S/c1-7-5-8(12)11(14-6-7)15-4-2-3-9(15)10(13)16/h2-6H,1H3,(H2,13,16). The molecule has 2 aromatic heterocycles. The van der Waals surface area contributed by atoms with E-state index in [1.54, 1.807) is 0 Å². The lowest BCUT2D eigenvalue weighted by Gasteiger charge is -2.09. The zero-order chi connectivity index (χ0) is 11.7. The largest absolute Gasteiger partial charge is 0.388 e. The first-order chi connectivity index (χ1) is 7.59. The van der Waals surface area contributed by atoms with E-state index in [-0.39, 0.29) is 0 Å². The van der Waals surface area contributed by atoms with Crippen LogP contribution in [0, 0.1) is 6.92 Å². The van der Waals surface area contributed by atoms with E-state index < -0.39 is 0 Å². The van der Waals surface area contributed by atoms with Crippen molar-refractivity contribution in [2.75, 3.05) is 0 Å². The summed E-state index contributed by atoms with van der Waals surface area (Å²) in [6, 6.07) is 5.77. The quantitative estimate of drug-likeness (QED) is 0.866. The molecule has 82 valence electrons. The van der Waals surface area contributed by atoms with E-state index in [0.29, 0.717) is 4.99 Å². The molecule has 0 saturated heterocycles. The molecule has 2 aromatic rings. The van der Waals surface area contributed by atoms with Gasteiger partial charge in [0.05, 0.1) is 10.2 Å². The zero-order valence-electron chi connectivity index (χ0n) is 8.64. The second-order valence-electron chi connectivity index (χ2n) is 3.45. The second kappa shape index (κ2) is 4.35. The third-order valence-corrected chi connectivity index (χ3v) is 2.98. The highest BCUT2D eigenvalue weighted by atomic mass is 79.9. The number of aryl methyl sites for hydroxylation is 1. The lowest BCUT2D eigenvalue weighted by Crippen LogP contribution is -2.15. The van der Waals surface area contributed by atoms with Crippen molar-refractivity contribution in [1.82, 2.24) is 9.55 Å². The van der Waals surface area contributed by atoms with Gasteiger partial charge >= 0.3 is 0 Å². The summed E-state index contributed by atoms with van der Waals surface area (Å²) in [7, 11) is 0. The van der Waals surface area contributed by atoms with Crippen LogP contribution in [-0.2, 0) is 0 Å². The third-order valence-electron chi connectivity index (χ3n) is 2.19. The molecule has 5 heteroatoms. The summed E-state index contributed by atoms with van der Waals surface area (Å²) in [6.07, 6.45) is 3.69. The molecule has 2 rings (SSSR count). The molecule has 0 saturated carbocycles. The van der Waals surface area contributed by atoms with Gasteiger partial charge in [-0.15, -0.1) is 0 Å². The van der Waals surface area contributed by atoms with E-state index in [4.69, 9.17) is 18.0 Å². The van der Waals surface area contributed by atoms with Crippen molar-refractivity contribution in [1.29, 1.82) is 0 Å². The minimum absolute atomic E-state index is 0.360. The van der Waals surface area contributed by atoms with E-state index in [0.717, 1.165) is 21.5 Å². The maximum atomic E-state index is 5.64. The van der Waals surface area contributed by atoms with Crippen molar-refractivity contribution >= 4 is 33.1 Å². The van der Waals surface area contributed by atoms with Crippen LogP contribution in [0.4, 0.5) is 0 Å². The number of hydrogen-bond acceptors (Lipinski definition) is 2. The Morgan fingerprint density at radius 1 is 1.56 bits per heavy atom. The lowest BCUT2D eigenvalue weighted by molar-refractivity contribution is 0.981. The SMILES string of the molecule is Cc1cnc(-n2cccc2C(N)=S)c(Br)c1. The summed E-state index contributed by atoms with van der Waals surface area (Å²) in [5.74, 6) is 0.790. The highest BCUT2D eigenvalue weighted by Gasteiger charge is 2.09. The lowest BCUT2D eigenvalue weighted by atomic mass is 10.3. The van der Waals surface area contributed by atoms with Crippen molar-refractivity contribution in [3.8, 4) is 5.82 Å².